The van der Waals surface area contributed by atoms with E-state index >= 15 is 0 Å². The van der Waals surface area contributed by atoms with E-state index in [4.69, 9.17) is 39.0 Å². The van der Waals surface area contributed by atoms with Crippen molar-refractivity contribution in [3.05, 3.63) is 78.8 Å². The molecule has 0 amide bonds. The van der Waals surface area contributed by atoms with Crippen LogP contribution in [0, 0.1) is 29.6 Å². The number of pyridine rings is 3. The van der Waals surface area contributed by atoms with E-state index in [1.807, 2.05) is 6.07 Å². The van der Waals surface area contributed by atoms with Crippen molar-refractivity contribution in [2.24, 2.45) is 17.8 Å². The highest BCUT2D eigenvalue weighted by molar-refractivity contribution is 9.11. The number of rotatable bonds is 10. The first kappa shape index (κ1) is 41.1. The summed E-state index contributed by atoms with van der Waals surface area (Å²) in [6.07, 6.45) is 10.7. The third kappa shape index (κ3) is 10.4. The van der Waals surface area contributed by atoms with Gasteiger partial charge in [-0.05, 0) is 86.3 Å². The van der Waals surface area contributed by atoms with E-state index in [9.17, 15) is 13.6 Å². The van der Waals surface area contributed by atoms with E-state index in [1.165, 1.54) is 24.5 Å². The van der Waals surface area contributed by atoms with Gasteiger partial charge in [-0.15, -0.1) is 0 Å². The predicted octanol–water partition coefficient (Wildman–Crippen LogP) is 5.96. The summed E-state index contributed by atoms with van der Waals surface area (Å²) >= 11 is 10.1. The maximum atomic E-state index is 13.2. The topological polar surface area (TPSA) is 163 Å². The normalized spacial score (nSPS) is 19.7. The number of hydrogen-bond donors (Lipinski definition) is 3. The molecule has 2 saturated heterocycles. The molecule has 0 bridgehead atoms. The van der Waals surface area contributed by atoms with Gasteiger partial charge in [0.25, 0.3) is 0 Å². The predicted molar refractivity (Wildman–Crippen MR) is 192 cm³/mol. The van der Waals surface area contributed by atoms with Crippen LogP contribution in [0.1, 0.15) is 60.0 Å². The highest BCUT2D eigenvalue weighted by Gasteiger charge is 2.53. The summed E-state index contributed by atoms with van der Waals surface area (Å²) in [7, 11) is 0. The fourth-order valence-corrected chi connectivity index (χ4v) is 7.17. The van der Waals surface area contributed by atoms with Crippen molar-refractivity contribution in [2.75, 3.05) is 52.9 Å². The van der Waals surface area contributed by atoms with E-state index in [0.29, 0.717) is 54.2 Å². The van der Waals surface area contributed by atoms with E-state index < -0.39 is 23.5 Å². The van der Waals surface area contributed by atoms with Crippen LogP contribution in [0.2, 0.25) is 0 Å². The molecule has 2 aliphatic heterocycles. The van der Waals surface area contributed by atoms with Gasteiger partial charge in [0.1, 0.15) is 6.61 Å². The Balaban J connectivity index is 0.000000145. The zero-order valence-corrected chi connectivity index (χ0v) is 32.9. The lowest BCUT2D eigenvalue weighted by molar-refractivity contribution is -0.183. The Hall–Kier alpha value is -2.06. The summed E-state index contributed by atoms with van der Waals surface area (Å²) in [5.74, 6) is -1.16. The molecule has 52 heavy (non-hydrogen) atoms. The average Bonchev–Trinajstić information content (AvgIpc) is 4.08. The van der Waals surface area contributed by atoms with Gasteiger partial charge in [0.05, 0.1) is 46.2 Å². The number of carbonyl (C=O) groups excluding carboxylic acids is 1. The molecule has 3 saturated carbocycles. The highest BCUT2D eigenvalue weighted by atomic mass is 79.9. The second kappa shape index (κ2) is 19.0. The van der Waals surface area contributed by atoms with Crippen LogP contribution in [-0.4, -0.2) is 88.9 Å². The number of carbonyl (C=O) groups is 1. The molecule has 0 unspecified atom stereocenters. The SMILES string of the molecule is Fc1cc(C2(C3CC3)OCCO2)c(Br)cn1.O=C(c1cc(F)ncc1Br)C1CC1.OCCO.OCCOc1cc(C2(C3CC3)OCCO2)c(Br)cn1. The van der Waals surface area contributed by atoms with E-state index in [-0.39, 0.29) is 38.1 Å². The van der Waals surface area contributed by atoms with Gasteiger partial charge < -0.3 is 39.0 Å². The van der Waals surface area contributed by atoms with Gasteiger partial charge in [-0.1, -0.05) is 0 Å². The van der Waals surface area contributed by atoms with Crippen molar-refractivity contribution in [2.45, 2.75) is 50.1 Å². The summed E-state index contributed by atoms with van der Waals surface area (Å²) in [6.45, 7) is 2.29. The van der Waals surface area contributed by atoms with E-state index in [0.717, 1.165) is 58.6 Å². The smallest absolute Gasteiger partial charge is 0.213 e. The van der Waals surface area contributed by atoms with Gasteiger partial charge in [-0.2, -0.15) is 8.78 Å². The maximum Gasteiger partial charge on any atom is 0.213 e. The fourth-order valence-electron chi connectivity index (χ4n) is 5.77. The van der Waals surface area contributed by atoms with Gasteiger partial charge in [0.15, 0.2) is 17.4 Å². The van der Waals surface area contributed by atoms with Crippen LogP contribution in [0.5, 0.6) is 5.88 Å². The molecule has 8 rings (SSSR count). The van der Waals surface area contributed by atoms with Crippen molar-refractivity contribution in [1.82, 2.24) is 15.0 Å². The summed E-state index contributed by atoms with van der Waals surface area (Å²) in [6, 6.07) is 4.42. The van der Waals surface area contributed by atoms with Crippen LogP contribution in [0.3, 0.4) is 0 Å². The molecular formula is C35H40Br3F2N3O9. The zero-order valence-electron chi connectivity index (χ0n) is 28.1. The lowest BCUT2D eigenvalue weighted by Crippen LogP contribution is -2.30. The number of halogens is 5. The van der Waals surface area contributed by atoms with Crippen LogP contribution in [0.15, 0.2) is 50.2 Å². The molecule has 5 fully saturated rings. The Morgan fingerprint density at radius 2 is 1.15 bits per heavy atom. The summed E-state index contributed by atoms with van der Waals surface area (Å²) in [5.41, 5.74) is 2.06. The second-order valence-corrected chi connectivity index (χ2v) is 15.0. The average molecular weight is 924 g/mol. The Morgan fingerprint density at radius 1 is 0.692 bits per heavy atom. The van der Waals surface area contributed by atoms with Gasteiger partial charge >= 0.3 is 0 Å². The monoisotopic (exact) mass is 921 g/mol. The molecule has 0 spiro atoms. The summed E-state index contributed by atoms with van der Waals surface area (Å²) in [5, 5.41) is 24.1. The Morgan fingerprint density at radius 3 is 1.62 bits per heavy atom. The number of Topliss-reactive ketones (excluding diaryl/α,β-unsaturated/α-hetero) is 1. The Labute approximate surface area is 325 Å². The van der Waals surface area contributed by atoms with Gasteiger partial charge in [0, 0.05) is 84.7 Å². The minimum absolute atomic E-state index is 0.0215. The largest absolute Gasteiger partial charge is 0.475 e. The van der Waals surface area contributed by atoms with Gasteiger partial charge in [-0.25, -0.2) is 15.0 Å². The molecule has 3 aromatic rings. The van der Waals surface area contributed by atoms with Gasteiger partial charge in [0.2, 0.25) is 17.8 Å². The number of ether oxygens (including phenoxy) is 5. The molecular weight excluding hydrogens is 884 g/mol. The Kier molecular flexibility index (Phi) is 15.0. The molecule has 5 aliphatic rings. The molecule has 3 aliphatic carbocycles. The summed E-state index contributed by atoms with van der Waals surface area (Å²) < 4.78 is 56.7. The molecule has 12 nitrogen and oxygen atoms in total. The minimum atomic E-state index is -0.747. The highest BCUT2D eigenvalue weighted by Crippen LogP contribution is 2.53. The maximum absolute atomic E-state index is 13.2. The third-order valence-electron chi connectivity index (χ3n) is 8.54. The van der Waals surface area contributed by atoms with Crippen LogP contribution in [-0.2, 0) is 30.5 Å². The number of nitrogens with zero attached hydrogens (tertiary/aromatic N) is 3. The molecule has 5 heterocycles. The first-order valence-corrected chi connectivity index (χ1v) is 19.3. The van der Waals surface area contributed by atoms with E-state index in [2.05, 4.69) is 62.7 Å². The number of ketones is 1. The molecule has 0 aromatic carbocycles. The van der Waals surface area contributed by atoms with Crippen molar-refractivity contribution in [1.29, 1.82) is 0 Å². The number of aliphatic hydroxyl groups excluding tert-OH is 3. The van der Waals surface area contributed by atoms with Crippen LogP contribution >= 0.6 is 47.8 Å². The standard InChI is InChI=1S/C13H16BrNO4.C11H11BrFNO2.C9H7BrFNO.C2H6O2/c14-11-8-15-12(17-4-3-16)7-10(11)13(9-1-2-9)18-5-6-19-13;12-9-6-14-10(13)5-8(9)11(7-1-2-7)15-3-4-16-11;10-7-4-12-8(11)3-6(7)9(13)5-1-2-5;3-1-2-4/h7-9,16H,1-6H2;5-7H,1-4H2;3-5H,1-2H2;3-4H,1-2H2. The van der Waals surface area contributed by atoms with Crippen molar-refractivity contribution in [3.8, 4) is 5.88 Å². The minimum Gasteiger partial charge on any atom is -0.475 e. The first-order valence-electron chi connectivity index (χ1n) is 16.9. The molecule has 3 aromatic heterocycles. The van der Waals surface area contributed by atoms with Crippen molar-refractivity contribution < 1.29 is 52.6 Å². The second-order valence-electron chi connectivity index (χ2n) is 12.4. The molecule has 0 atom stereocenters. The van der Waals surface area contributed by atoms with Crippen LogP contribution < -0.4 is 4.74 Å². The number of aromatic nitrogens is 3. The molecule has 0 radical (unpaired) electrons. The quantitative estimate of drug-likeness (QED) is 0.162. The third-order valence-corrected chi connectivity index (χ3v) is 10.4. The van der Waals surface area contributed by atoms with E-state index in [1.54, 1.807) is 6.20 Å². The first-order chi connectivity index (χ1) is 25.1. The molecule has 17 heteroatoms. The lowest BCUT2D eigenvalue weighted by atomic mass is 10.0. The number of hydrogen-bond acceptors (Lipinski definition) is 12. The van der Waals surface area contributed by atoms with Gasteiger partial charge in [-0.3, -0.25) is 4.79 Å². The number of aliphatic hydroxyl groups is 3. The summed E-state index contributed by atoms with van der Waals surface area (Å²) in [4.78, 5) is 22.8. The lowest BCUT2D eigenvalue weighted by Gasteiger charge is -2.29. The van der Waals surface area contributed by atoms with Crippen LogP contribution in [0.25, 0.3) is 0 Å². The zero-order chi connectivity index (χ0) is 37.3. The Bertz CT molecular complexity index is 1650. The van der Waals surface area contributed by atoms with Crippen LogP contribution in [0.4, 0.5) is 8.78 Å². The molecule has 284 valence electrons. The van der Waals surface area contributed by atoms with Crippen molar-refractivity contribution in [3.63, 3.8) is 0 Å². The molecule has 3 N–H and O–H groups in total. The fraction of sp³-hybridized carbons (Fsp3) is 0.543. The van der Waals surface area contributed by atoms with Crippen molar-refractivity contribution >= 4 is 53.6 Å².